The highest BCUT2D eigenvalue weighted by Crippen LogP contribution is 2.46. The maximum Gasteiger partial charge on any atom is 0.233 e. The Kier molecular flexibility index (Phi) is 3.15. The van der Waals surface area contributed by atoms with Gasteiger partial charge in [-0.2, -0.15) is 0 Å². The summed E-state index contributed by atoms with van der Waals surface area (Å²) < 4.78 is 22.5. The fraction of sp³-hybridized carbons (Fsp3) is 0.800. The van der Waals surface area contributed by atoms with Gasteiger partial charge in [-0.25, -0.2) is 8.42 Å². The van der Waals surface area contributed by atoms with Crippen molar-refractivity contribution in [1.82, 2.24) is 5.32 Å². The van der Waals surface area contributed by atoms with Crippen LogP contribution in [0.3, 0.4) is 0 Å². The largest absolute Gasteiger partial charge is 0.392 e. The number of rotatable bonds is 3. The molecular weight excluding hydrogens is 260 g/mol. The molecule has 1 heterocycles. The van der Waals surface area contributed by atoms with E-state index in [2.05, 4.69) is 5.32 Å². The van der Waals surface area contributed by atoms with Gasteiger partial charge in [-0.15, -0.1) is 0 Å². The second kappa shape index (κ2) is 4.20. The molecule has 1 amide bonds. The highest BCUT2D eigenvalue weighted by molar-refractivity contribution is 7.91. The lowest BCUT2D eigenvalue weighted by Gasteiger charge is -2.25. The summed E-state index contributed by atoms with van der Waals surface area (Å²) in [5, 5.41) is 2.87. The minimum atomic E-state index is -2.89. The molecule has 1 aliphatic carbocycles. The van der Waals surface area contributed by atoms with E-state index < -0.39 is 15.3 Å². The van der Waals surface area contributed by atoms with Gasteiger partial charge in [0.2, 0.25) is 5.91 Å². The van der Waals surface area contributed by atoms with Gasteiger partial charge in [0.15, 0.2) is 0 Å². The van der Waals surface area contributed by atoms with Gasteiger partial charge >= 0.3 is 0 Å². The molecule has 2 rings (SSSR count). The SMILES string of the molecule is NC(=S)C1(C(=O)NC2CCS(=O)(=O)CC2)CC1. The summed E-state index contributed by atoms with van der Waals surface area (Å²) in [6, 6.07) is -0.0575. The predicted molar refractivity (Wildman–Crippen MR) is 68.3 cm³/mol. The molecule has 1 saturated heterocycles. The van der Waals surface area contributed by atoms with Gasteiger partial charge in [0.25, 0.3) is 0 Å². The van der Waals surface area contributed by atoms with Crippen LogP contribution in [0.25, 0.3) is 0 Å². The van der Waals surface area contributed by atoms with Crippen LogP contribution < -0.4 is 11.1 Å². The molecular formula is C10H16N2O3S2. The third-order valence-electron chi connectivity index (χ3n) is 3.55. The van der Waals surface area contributed by atoms with Crippen molar-refractivity contribution >= 4 is 33.0 Å². The van der Waals surface area contributed by atoms with Crippen LogP contribution in [0.5, 0.6) is 0 Å². The molecule has 0 radical (unpaired) electrons. The average Bonchev–Trinajstić information content (AvgIpc) is 3.02. The number of nitrogens with one attached hydrogen (secondary N) is 1. The van der Waals surface area contributed by atoms with Gasteiger partial charge in [0.05, 0.1) is 21.9 Å². The van der Waals surface area contributed by atoms with Crippen LogP contribution in [0, 0.1) is 5.41 Å². The molecule has 7 heteroatoms. The van der Waals surface area contributed by atoms with E-state index in [-0.39, 0.29) is 28.4 Å². The minimum Gasteiger partial charge on any atom is -0.392 e. The summed E-state index contributed by atoms with van der Waals surface area (Å²) in [6.45, 7) is 0. The monoisotopic (exact) mass is 276 g/mol. The van der Waals surface area contributed by atoms with E-state index in [1.807, 2.05) is 0 Å². The van der Waals surface area contributed by atoms with Gasteiger partial charge in [-0.1, -0.05) is 12.2 Å². The van der Waals surface area contributed by atoms with Crippen molar-refractivity contribution < 1.29 is 13.2 Å². The Hall–Kier alpha value is -0.690. The Bertz CT molecular complexity index is 440. The number of carbonyl (C=O) groups is 1. The molecule has 0 bridgehead atoms. The first-order valence-corrected chi connectivity index (χ1v) is 7.90. The smallest absolute Gasteiger partial charge is 0.233 e. The van der Waals surface area contributed by atoms with Crippen LogP contribution in [0.1, 0.15) is 25.7 Å². The van der Waals surface area contributed by atoms with Gasteiger partial charge in [0.1, 0.15) is 9.84 Å². The first kappa shape index (κ1) is 12.8. The normalized spacial score (nSPS) is 26.1. The molecule has 1 aliphatic heterocycles. The van der Waals surface area contributed by atoms with Crippen molar-refractivity contribution in [2.75, 3.05) is 11.5 Å². The molecule has 0 aromatic carbocycles. The lowest BCUT2D eigenvalue weighted by atomic mass is 10.0. The number of amides is 1. The molecule has 96 valence electrons. The van der Waals surface area contributed by atoms with E-state index in [0.717, 1.165) is 0 Å². The van der Waals surface area contributed by atoms with Gasteiger partial charge < -0.3 is 11.1 Å². The molecule has 0 atom stereocenters. The average molecular weight is 276 g/mol. The van der Waals surface area contributed by atoms with E-state index in [9.17, 15) is 13.2 Å². The fourth-order valence-corrected chi connectivity index (χ4v) is 3.86. The molecule has 3 N–H and O–H groups in total. The molecule has 5 nitrogen and oxygen atoms in total. The molecule has 2 fully saturated rings. The Balaban J connectivity index is 1.91. The standard InChI is InChI=1S/C10H16N2O3S2/c11-8(16)10(3-4-10)9(13)12-7-1-5-17(14,15)6-2-7/h7H,1-6H2,(H2,11,16)(H,12,13). The topological polar surface area (TPSA) is 89.3 Å². The number of sulfone groups is 1. The summed E-state index contributed by atoms with van der Waals surface area (Å²) in [5.41, 5.74) is 4.91. The Morgan fingerprint density at radius 1 is 1.29 bits per heavy atom. The van der Waals surface area contributed by atoms with Crippen LogP contribution in [-0.4, -0.2) is 36.9 Å². The number of nitrogens with two attached hydrogens (primary N) is 1. The summed E-state index contributed by atoms with van der Waals surface area (Å²) in [4.78, 5) is 12.2. The summed E-state index contributed by atoms with van der Waals surface area (Å²) in [5.74, 6) is 0.171. The fourth-order valence-electron chi connectivity index (χ4n) is 2.07. The van der Waals surface area contributed by atoms with Crippen molar-refractivity contribution in [3.05, 3.63) is 0 Å². The Morgan fingerprint density at radius 3 is 2.24 bits per heavy atom. The van der Waals surface area contributed by atoms with Crippen LogP contribution in [0.15, 0.2) is 0 Å². The number of carbonyl (C=O) groups excluding carboxylic acids is 1. The van der Waals surface area contributed by atoms with E-state index in [0.29, 0.717) is 25.7 Å². The quantitative estimate of drug-likeness (QED) is 0.694. The molecule has 2 aliphatic rings. The van der Waals surface area contributed by atoms with E-state index in [1.54, 1.807) is 0 Å². The number of thiocarbonyl (C=S) groups is 1. The zero-order chi connectivity index (χ0) is 12.7. The molecule has 0 aromatic heterocycles. The summed E-state index contributed by atoms with van der Waals surface area (Å²) in [6.07, 6.45) is 2.39. The first-order chi connectivity index (χ1) is 7.86. The van der Waals surface area contributed by atoms with Crippen molar-refractivity contribution in [2.24, 2.45) is 11.1 Å². The van der Waals surface area contributed by atoms with Crippen LogP contribution in [0.2, 0.25) is 0 Å². The second-order valence-corrected chi connectivity index (χ2v) is 7.59. The predicted octanol–water partition coefficient (Wildman–Crippen LogP) is -0.254. The van der Waals surface area contributed by atoms with Crippen LogP contribution in [0.4, 0.5) is 0 Å². The third kappa shape index (κ3) is 2.60. The Morgan fingerprint density at radius 2 is 1.82 bits per heavy atom. The minimum absolute atomic E-state index is 0.0575. The van der Waals surface area contributed by atoms with Crippen LogP contribution >= 0.6 is 12.2 Å². The van der Waals surface area contributed by atoms with Gasteiger partial charge in [-0.05, 0) is 25.7 Å². The van der Waals surface area contributed by atoms with Crippen LogP contribution in [-0.2, 0) is 14.6 Å². The Labute approximate surface area is 106 Å². The van der Waals surface area contributed by atoms with Crippen molar-refractivity contribution in [3.8, 4) is 0 Å². The van der Waals surface area contributed by atoms with Gasteiger partial charge in [-0.3, -0.25) is 4.79 Å². The highest BCUT2D eigenvalue weighted by atomic mass is 32.2. The second-order valence-electron chi connectivity index (χ2n) is 4.85. The molecule has 17 heavy (non-hydrogen) atoms. The van der Waals surface area contributed by atoms with Gasteiger partial charge in [0, 0.05) is 6.04 Å². The maximum absolute atomic E-state index is 12.0. The lowest BCUT2D eigenvalue weighted by Crippen LogP contribution is -2.47. The zero-order valence-corrected chi connectivity index (χ0v) is 11.1. The maximum atomic E-state index is 12.0. The zero-order valence-electron chi connectivity index (χ0n) is 9.44. The van der Waals surface area contributed by atoms with Crippen molar-refractivity contribution in [3.63, 3.8) is 0 Å². The van der Waals surface area contributed by atoms with Crippen molar-refractivity contribution in [1.29, 1.82) is 0 Å². The third-order valence-corrected chi connectivity index (χ3v) is 5.65. The number of hydrogen-bond acceptors (Lipinski definition) is 4. The molecule has 0 spiro atoms. The summed E-state index contributed by atoms with van der Waals surface area (Å²) in [7, 11) is -2.89. The molecule has 1 saturated carbocycles. The summed E-state index contributed by atoms with van der Waals surface area (Å²) >= 11 is 4.90. The van der Waals surface area contributed by atoms with E-state index in [1.165, 1.54) is 0 Å². The first-order valence-electron chi connectivity index (χ1n) is 5.67. The van der Waals surface area contributed by atoms with E-state index in [4.69, 9.17) is 18.0 Å². The highest BCUT2D eigenvalue weighted by Gasteiger charge is 2.53. The lowest BCUT2D eigenvalue weighted by molar-refractivity contribution is -0.124. The van der Waals surface area contributed by atoms with E-state index >= 15 is 0 Å². The molecule has 0 aromatic rings. The molecule has 0 unspecified atom stereocenters. The number of hydrogen-bond donors (Lipinski definition) is 2. The van der Waals surface area contributed by atoms with Crippen molar-refractivity contribution in [2.45, 2.75) is 31.7 Å².